The van der Waals surface area contributed by atoms with E-state index in [2.05, 4.69) is 26.3 Å². The molecule has 0 bridgehead atoms. The van der Waals surface area contributed by atoms with Gasteiger partial charge in [0.05, 0.1) is 71.5 Å². The third kappa shape index (κ3) is 21.2. The van der Waals surface area contributed by atoms with Crippen molar-refractivity contribution in [3.63, 3.8) is 0 Å². The molecule has 0 radical (unpaired) electrons. The number of hydrogen-bond acceptors (Lipinski definition) is 15. The molecule has 0 aromatic rings. The Kier molecular flexibility index (Phi) is 24.1. The zero-order valence-electron chi connectivity index (χ0n) is 25.5. The molecule has 0 rings (SSSR count). The molecule has 15 nitrogen and oxygen atoms in total. The van der Waals surface area contributed by atoms with Gasteiger partial charge in [-0.1, -0.05) is 25.8 Å². The van der Waals surface area contributed by atoms with Crippen LogP contribution in [0.5, 0.6) is 0 Å². The third-order valence-corrected chi connectivity index (χ3v) is 5.57. The Bertz CT molecular complexity index is 877. The van der Waals surface area contributed by atoms with Crippen LogP contribution in [0.1, 0.15) is 6.42 Å². The zero-order chi connectivity index (χ0) is 33.9. The molecule has 0 amide bonds. The van der Waals surface area contributed by atoms with Gasteiger partial charge in [-0.05, 0) is 0 Å². The van der Waals surface area contributed by atoms with E-state index in [4.69, 9.17) is 37.9 Å². The van der Waals surface area contributed by atoms with E-state index < -0.39 is 41.6 Å². The van der Waals surface area contributed by atoms with E-state index in [-0.39, 0.29) is 98.1 Å². The number of esters is 3. The minimum absolute atomic E-state index is 0.0472. The van der Waals surface area contributed by atoms with Crippen LogP contribution in [-0.4, -0.2) is 143 Å². The van der Waals surface area contributed by atoms with Crippen molar-refractivity contribution in [2.45, 2.75) is 24.7 Å². The third-order valence-electron chi connectivity index (χ3n) is 5.57. The van der Waals surface area contributed by atoms with Gasteiger partial charge in [0.2, 0.25) is 0 Å². The van der Waals surface area contributed by atoms with Gasteiger partial charge in [-0.3, -0.25) is 4.79 Å². The summed E-state index contributed by atoms with van der Waals surface area (Å²) in [5, 5.41) is 29.4. The van der Waals surface area contributed by atoms with Crippen LogP contribution in [0, 0.1) is 5.41 Å². The van der Waals surface area contributed by atoms with Crippen molar-refractivity contribution >= 4 is 23.7 Å². The van der Waals surface area contributed by atoms with Crippen molar-refractivity contribution in [3.8, 4) is 0 Å². The summed E-state index contributed by atoms with van der Waals surface area (Å²) in [5.74, 6) is -2.36. The highest BCUT2D eigenvalue weighted by Gasteiger charge is 2.35. The van der Waals surface area contributed by atoms with E-state index in [1.54, 1.807) is 0 Å². The summed E-state index contributed by atoms with van der Waals surface area (Å²) in [5.41, 5.74) is -1.29. The summed E-state index contributed by atoms with van der Waals surface area (Å²) < 4.78 is 41.5. The van der Waals surface area contributed by atoms with Crippen LogP contribution in [-0.2, 0) is 57.1 Å². The number of carbonyl (C=O) groups is 4. The first-order chi connectivity index (χ1) is 21.5. The van der Waals surface area contributed by atoms with E-state index in [0.29, 0.717) is 0 Å². The normalized spacial score (nSPS) is 14.2. The Labute approximate surface area is 263 Å². The predicted molar refractivity (Wildman–Crippen MR) is 158 cm³/mol. The molecule has 3 N–H and O–H groups in total. The molecule has 0 saturated heterocycles. The lowest BCUT2D eigenvalue weighted by molar-refractivity contribution is -0.143. The summed E-state index contributed by atoms with van der Waals surface area (Å²) >= 11 is 0. The first-order valence-electron chi connectivity index (χ1n) is 14.0. The molecule has 3 unspecified atom stereocenters. The first kappa shape index (κ1) is 41.7. The average Bonchev–Trinajstić information content (AvgIpc) is 3.04. The lowest BCUT2D eigenvalue weighted by Crippen LogP contribution is -2.40. The summed E-state index contributed by atoms with van der Waals surface area (Å²) in [6, 6.07) is 0. The van der Waals surface area contributed by atoms with Gasteiger partial charge in [-0.15, -0.1) is 6.58 Å². The van der Waals surface area contributed by atoms with Gasteiger partial charge in [0.1, 0.15) is 43.9 Å². The van der Waals surface area contributed by atoms with Crippen molar-refractivity contribution in [2.75, 3.05) is 85.9 Å². The summed E-state index contributed by atoms with van der Waals surface area (Å²) in [6.45, 7) is 12.2. The molecule has 0 heterocycles. The fourth-order valence-corrected chi connectivity index (χ4v) is 3.11. The molecule has 15 heteroatoms. The molecule has 0 spiro atoms. The molecule has 0 aliphatic carbocycles. The maximum absolute atomic E-state index is 13.2. The summed E-state index contributed by atoms with van der Waals surface area (Å²) in [6.07, 6.45) is 1.03. The number of aliphatic hydroxyl groups excluding tert-OH is 3. The highest BCUT2D eigenvalue weighted by atomic mass is 16.6. The maximum Gasteiger partial charge on any atom is 0.330 e. The Morgan fingerprint density at radius 3 is 1.20 bits per heavy atom. The molecule has 3 atom stereocenters. The van der Waals surface area contributed by atoms with Crippen LogP contribution in [0.4, 0.5) is 0 Å². The van der Waals surface area contributed by atoms with Crippen LogP contribution < -0.4 is 0 Å². The minimum Gasteiger partial charge on any atom is -0.460 e. The van der Waals surface area contributed by atoms with Crippen molar-refractivity contribution in [1.82, 2.24) is 0 Å². The standard InChI is InChI=1S/C30H46O15/c1-5-27(35)43-18-23(31)15-38-10-9-26(34)30(8-4,21-41-13-11-39-16-24(32)19-44-28(36)6-2)22-42-14-12-40-17-25(33)20-45-29(37)7-3/h5-8,23-25,31-33H,1-4,9-22H2. The molecular formula is C30H46O15. The molecule has 256 valence electrons. The van der Waals surface area contributed by atoms with Crippen molar-refractivity contribution in [2.24, 2.45) is 5.41 Å². The van der Waals surface area contributed by atoms with Crippen molar-refractivity contribution < 1.29 is 72.4 Å². The maximum atomic E-state index is 13.2. The smallest absolute Gasteiger partial charge is 0.330 e. The molecule has 0 aromatic heterocycles. The second kappa shape index (κ2) is 26.0. The molecule has 45 heavy (non-hydrogen) atoms. The van der Waals surface area contributed by atoms with Gasteiger partial charge in [0.15, 0.2) is 0 Å². The van der Waals surface area contributed by atoms with E-state index in [1.165, 1.54) is 6.08 Å². The Morgan fingerprint density at radius 1 is 0.533 bits per heavy atom. The zero-order valence-corrected chi connectivity index (χ0v) is 25.5. The molecule has 0 aliphatic heterocycles. The number of Topliss-reactive ketones (excluding diaryl/α,β-unsaturated/α-hetero) is 1. The monoisotopic (exact) mass is 646 g/mol. The summed E-state index contributed by atoms with van der Waals surface area (Å²) in [7, 11) is 0. The van der Waals surface area contributed by atoms with Crippen LogP contribution in [0.25, 0.3) is 0 Å². The lowest BCUT2D eigenvalue weighted by atomic mass is 9.83. The average molecular weight is 647 g/mol. The van der Waals surface area contributed by atoms with Crippen LogP contribution in [0.2, 0.25) is 0 Å². The Hall–Kier alpha value is -3.28. The number of hydrogen-bond donors (Lipinski definition) is 3. The Morgan fingerprint density at radius 2 is 0.867 bits per heavy atom. The summed E-state index contributed by atoms with van der Waals surface area (Å²) in [4.78, 5) is 46.5. The number of ketones is 1. The highest BCUT2D eigenvalue weighted by molar-refractivity contribution is 5.87. The number of aliphatic hydroxyl groups is 3. The number of ether oxygens (including phenoxy) is 8. The van der Waals surface area contributed by atoms with Crippen molar-refractivity contribution in [3.05, 3.63) is 50.6 Å². The molecule has 0 aromatic carbocycles. The molecule has 0 aliphatic rings. The fourth-order valence-electron chi connectivity index (χ4n) is 3.11. The van der Waals surface area contributed by atoms with Crippen LogP contribution in [0.3, 0.4) is 0 Å². The lowest BCUT2D eigenvalue weighted by Gasteiger charge is -2.29. The fraction of sp³-hybridized carbons (Fsp3) is 0.600. The van der Waals surface area contributed by atoms with Crippen LogP contribution >= 0.6 is 0 Å². The van der Waals surface area contributed by atoms with Gasteiger partial charge in [-0.2, -0.15) is 0 Å². The quantitative estimate of drug-likeness (QED) is 0.0295. The van der Waals surface area contributed by atoms with Gasteiger partial charge < -0.3 is 53.2 Å². The van der Waals surface area contributed by atoms with Gasteiger partial charge in [-0.25, -0.2) is 14.4 Å². The molecule has 0 saturated carbocycles. The number of rotatable bonds is 30. The SMILES string of the molecule is C=CC(=O)OCC(O)COCCOCC(C=C)(COCCOCC(O)COC(=O)C=C)C(=O)CCOCC(O)COC(=O)C=C. The first-order valence-corrected chi connectivity index (χ1v) is 14.0. The topological polar surface area (TPSA) is 203 Å². The van der Waals surface area contributed by atoms with E-state index in [0.717, 1.165) is 18.2 Å². The van der Waals surface area contributed by atoms with Crippen molar-refractivity contribution in [1.29, 1.82) is 0 Å². The molecule has 0 fully saturated rings. The van der Waals surface area contributed by atoms with E-state index in [1.807, 2.05) is 0 Å². The van der Waals surface area contributed by atoms with E-state index in [9.17, 15) is 34.5 Å². The number of carbonyl (C=O) groups excluding carboxylic acids is 4. The highest BCUT2D eigenvalue weighted by Crippen LogP contribution is 2.24. The van der Waals surface area contributed by atoms with Gasteiger partial charge in [0, 0.05) is 24.6 Å². The largest absolute Gasteiger partial charge is 0.460 e. The van der Waals surface area contributed by atoms with Gasteiger partial charge in [0.25, 0.3) is 0 Å². The minimum atomic E-state index is -1.29. The van der Waals surface area contributed by atoms with Gasteiger partial charge >= 0.3 is 17.9 Å². The predicted octanol–water partition coefficient (Wildman–Crippen LogP) is -0.529. The van der Waals surface area contributed by atoms with Crippen LogP contribution in [0.15, 0.2) is 50.6 Å². The second-order valence-electron chi connectivity index (χ2n) is 9.33. The Balaban J connectivity index is 4.81. The second-order valence-corrected chi connectivity index (χ2v) is 9.33. The molecular weight excluding hydrogens is 600 g/mol. The van der Waals surface area contributed by atoms with E-state index >= 15 is 0 Å².